The minimum Gasteiger partial charge on any atom is -0.489 e. The molecule has 0 bridgehead atoms. The Bertz CT molecular complexity index is 430. The zero-order chi connectivity index (χ0) is 15.1. The Morgan fingerprint density at radius 1 is 1.10 bits per heavy atom. The van der Waals surface area contributed by atoms with E-state index in [-0.39, 0.29) is 6.10 Å². The molecule has 1 aromatic rings. The highest BCUT2D eigenvalue weighted by Crippen LogP contribution is 2.27. The van der Waals surface area contributed by atoms with E-state index in [1.807, 2.05) is 0 Å². The van der Waals surface area contributed by atoms with Gasteiger partial charge in [0.25, 0.3) is 0 Å². The molecular formula is C19H31NO. The smallest absolute Gasteiger partial charge is 0.120 e. The predicted octanol–water partition coefficient (Wildman–Crippen LogP) is 4.50. The van der Waals surface area contributed by atoms with E-state index in [0.29, 0.717) is 6.04 Å². The molecule has 0 radical (unpaired) electrons. The van der Waals surface area contributed by atoms with Crippen LogP contribution in [0, 0.1) is 0 Å². The summed E-state index contributed by atoms with van der Waals surface area (Å²) in [4.78, 5) is 0. The fraction of sp³-hybridized carbons (Fsp3) is 0.684. The zero-order valence-electron chi connectivity index (χ0n) is 14.0. The monoisotopic (exact) mass is 289 g/mol. The average Bonchev–Trinajstić information content (AvgIpc) is 2.97. The van der Waals surface area contributed by atoms with Gasteiger partial charge in [-0.3, -0.25) is 0 Å². The van der Waals surface area contributed by atoms with Crippen LogP contribution in [0.2, 0.25) is 0 Å². The molecule has 0 saturated carbocycles. The molecule has 2 unspecified atom stereocenters. The molecule has 0 aromatic heterocycles. The molecule has 1 aliphatic rings. The maximum absolute atomic E-state index is 6.34. The van der Waals surface area contributed by atoms with Gasteiger partial charge >= 0.3 is 0 Å². The van der Waals surface area contributed by atoms with Crippen molar-refractivity contribution >= 4 is 0 Å². The van der Waals surface area contributed by atoms with Crippen LogP contribution in [0.5, 0.6) is 5.75 Å². The van der Waals surface area contributed by atoms with Gasteiger partial charge in [-0.25, -0.2) is 0 Å². The SMILES string of the molecule is CCCNC(CCC)C(CC)Oc1ccc2c(c1)CCC2. The Kier molecular flexibility index (Phi) is 6.56. The van der Waals surface area contributed by atoms with Crippen LogP contribution in [0.25, 0.3) is 0 Å². The van der Waals surface area contributed by atoms with Crippen LogP contribution in [0.3, 0.4) is 0 Å². The Balaban J connectivity index is 2.02. The van der Waals surface area contributed by atoms with Gasteiger partial charge in [0, 0.05) is 6.04 Å². The minimum absolute atomic E-state index is 0.274. The molecule has 0 spiro atoms. The number of benzene rings is 1. The van der Waals surface area contributed by atoms with Gasteiger partial charge in [0.05, 0.1) is 0 Å². The van der Waals surface area contributed by atoms with Crippen molar-refractivity contribution < 1.29 is 4.74 Å². The molecule has 2 heteroatoms. The molecule has 0 fully saturated rings. The highest BCUT2D eigenvalue weighted by Gasteiger charge is 2.21. The van der Waals surface area contributed by atoms with Crippen molar-refractivity contribution in [1.29, 1.82) is 0 Å². The van der Waals surface area contributed by atoms with Crippen LogP contribution in [0.15, 0.2) is 18.2 Å². The third-order valence-corrected chi connectivity index (χ3v) is 4.46. The maximum Gasteiger partial charge on any atom is 0.120 e. The van der Waals surface area contributed by atoms with Gasteiger partial charge in [0.1, 0.15) is 11.9 Å². The molecule has 118 valence electrons. The second-order valence-electron chi connectivity index (χ2n) is 6.20. The topological polar surface area (TPSA) is 21.3 Å². The van der Waals surface area contributed by atoms with Crippen molar-refractivity contribution in [2.75, 3.05) is 6.54 Å². The summed E-state index contributed by atoms with van der Waals surface area (Å²) in [5.41, 5.74) is 3.01. The van der Waals surface area contributed by atoms with Crippen molar-refractivity contribution in [3.05, 3.63) is 29.3 Å². The molecule has 1 N–H and O–H groups in total. The third-order valence-electron chi connectivity index (χ3n) is 4.46. The van der Waals surface area contributed by atoms with Crippen LogP contribution in [0.4, 0.5) is 0 Å². The second-order valence-corrected chi connectivity index (χ2v) is 6.20. The zero-order valence-corrected chi connectivity index (χ0v) is 14.0. The van der Waals surface area contributed by atoms with Crippen LogP contribution < -0.4 is 10.1 Å². The summed E-state index contributed by atoms with van der Waals surface area (Å²) in [5, 5.41) is 3.67. The van der Waals surface area contributed by atoms with Gasteiger partial charge in [-0.05, 0) is 68.3 Å². The van der Waals surface area contributed by atoms with Gasteiger partial charge in [-0.1, -0.05) is 33.3 Å². The van der Waals surface area contributed by atoms with Gasteiger partial charge in [0.2, 0.25) is 0 Å². The van der Waals surface area contributed by atoms with E-state index in [2.05, 4.69) is 44.3 Å². The Hall–Kier alpha value is -1.02. The highest BCUT2D eigenvalue weighted by atomic mass is 16.5. The summed E-state index contributed by atoms with van der Waals surface area (Å²) in [5.74, 6) is 1.06. The van der Waals surface area contributed by atoms with Crippen LogP contribution in [-0.2, 0) is 12.8 Å². The first kappa shape index (κ1) is 16.4. The van der Waals surface area contributed by atoms with Gasteiger partial charge in [0.15, 0.2) is 0 Å². The lowest BCUT2D eigenvalue weighted by Crippen LogP contribution is -2.43. The highest BCUT2D eigenvalue weighted by molar-refractivity contribution is 5.38. The maximum atomic E-state index is 6.34. The van der Waals surface area contributed by atoms with Gasteiger partial charge in [-0.15, -0.1) is 0 Å². The lowest BCUT2D eigenvalue weighted by Gasteiger charge is -2.28. The van der Waals surface area contributed by atoms with Crippen LogP contribution >= 0.6 is 0 Å². The van der Waals surface area contributed by atoms with Gasteiger partial charge < -0.3 is 10.1 Å². The quantitative estimate of drug-likeness (QED) is 0.722. The molecule has 2 atom stereocenters. The summed E-state index contributed by atoms with van der Waals surface area (Å²) in [7, 11) is 0. The normalized spacial score (nSPS) is 16.5. The summed E-state index contributed by atoms with van der Waals surface area (Å²) in [6.45, 7) is 7.78. The summed E-state index contributed by atoms with van der Waals surface area (Å²) < 4.78 is 6.34. The van der Waals surface area contributed by atoms with Crippen molar-refractivity contribution in [2.45, 2.75) is 77.9 Å². The van der Waals surface area contributed by atoms with Gasteiger partial charge in [-0.2, -0.15) is 0 Å². The number of hydrogen-bond acceptors (Lipinski definition) is 2. The Morgan fingerprint density at radius 3 is 2.62 bits per heavy atom. The number of nitrogens with one attached hydrogen (secondary N) is 1. The second kappa shape index (κ2) is 8.43. The average molecular weight is 289 g/mol. The van der Waals surface area contributed by atoms with Crippen molar-refractivity contribution in [3.63, 3.8) is 0 Å². The van der Waals surface area contributed by atoms with Crippen LogP contribution in [-0.4, -0.2) is 18.7 Å². The van der Waals surface area contributed by atoms with Crippen molar-refractivity contribution in [2.24, 2.45) is 0 Å². The number of aryl methyl sites for hydroxylation is 2. The number of ether oxygens (including phenoxy) is 1. The minimum atomic E-state index is 0.274. The molecule has 1 aromatic carbocycles. The molecule has 0 heterocycles. The standard InChI is InChI=1S/C19H31NO/c1-4-8-18(20-13-5-2)19(6-3)21-17-12-11-15-9-7-10-16(15)14-17/h11-12,14,18-20H,4-10,13H2,1-3H3. The summed E-state index contributed by atoms with van der Waals surface area (Å²) in [6.07, 6.45) is 8.64. The first-order valence-electron chi connectivity index (χ1n) is 8.80. The Morgan fingerprint density at radius 2 is 1.90 bits per heavy atom. The van der Waals surface area contributed by atoms with E-state index in [0.717, 1.165) is 18.7 Å². The molecule has 2 nitrogen and oxygen atoms in total. The lowest BCUT2D eigenvalue weighted by atomic mass is 10.0. The van der Waals surface area contributed by atoms with Crippen molar-refractivity contribution in [3.8, 4) is 5.75 Å². The van der Waals surface area contributed by atoms with E-state index < -0.39 is 0 Å². The lowest BCUT2D eigenvalue weighted by molar-refractivity contribution is 0.142. The molecule has 1 aliphatic carbocycles. The molecule has 0 amide bonds. The van der Waals surface area contributed by atoms with E-state index in [1.165, 1.54) is 49.7 Å². The molecule has 21 heavy (non-hydrogen) atoms. The molecular weight excluding hydrogens is 258 g/mol. The van der Waals surface area contributed by atoms with E-state index >= 15 is 0 Å². The first-order valence-corrected chi connectivity index (χ1v) is 8.80. The fourth-order valence-corrected chi connectivity index (χ4v) is 3.31. The van der Waals surface area contributed by atoms with Crippen LogP contribution in [0.1, 0.15) is 64.0 Å². The Labute approximate surface area is 130 Å². The largest absolute Gasteiger partial charge is 0.489 e. The van der Waals surface area contributed by atoms with Crippen molar-refractivity contribution in [1.82, 2.24) is 5.32 Å². The van der Waals surface area contributed by atoms with E-state index in [1.54, 1.807) is 0 Å². The number of rotatable bonds is 9. The van der Waals surface area contributed by atoms with E-state index in [4.69, 9.17) is 4.74 Å². The predicted molar refractivity (Wildman–Crippen MR) is 90.2 cm³/mol. The molecule has 2 rings (SSSR count). The van der Waals surface area contributed by atoms with E-state index in [9.17, 15) is 0 Å². The molecule has 0 saturated heterocycles. The number of fused-ring (bicyclic) bond motifs is 1. The summed E-state index contributed by atoms with van der Waals surface area (Å²) >= 11 is 0. The fourth-order valence-electron chi connectivity index (χ4n) is 3.31. The molecule has 0 aliphatic heterocycles. The summed E-state index contributed by atoms with van der Waals surface area (Å²) in [6, 6.07) is 7.16. The third kappa shape index (κ3) is 4.47. The first-order chi connectivity index (χ1) is 10.3. The number of hydrogen-bond donors (Lipinski definition) is 1.